The van der Waals surface area contributed by atoms with Crippen LogP contribution in [0.15, 0.2) is 18.2 Å². The lowest BCUT2D eigenvalue weighted by Crippen LogP contribution is -2.46. The summed E-state index contributed by atoms with van der Waals surface area (Å²) in [5.41, 5.74) is 0.412. The molecule has 3 heteroatoms. The lowest BCUT2D eigenvalue weighted by Gasteiger charge is -2.47. The lowest BCUT2D eigenvalue weighted by molar-refractivity contribution is -0.0625. The molecule has 3 atom stereocenters. The van der Waals surface area contributed by atoms with Gasteiger partial charge >= 0.3 is 0 Å². The van der Waals surface area contributed by atoms with E-state index < -0.39 is 6.10 Å². The molecule has 1 aromatic rings. The topological polar surface area (TPSA) is 29.5 Å². The molecule has 2 nitrogen and oxygen atoms in total. The van der Waals surface area contributed by atoms with Gasteiger partial charge < -0.3 is 9.84 Å². The lowest BCUT2D eigenvalue weighted by atomic mass is 9.70. The van der Waals surface area contributed by atoms with E-state index in [0.717, 1.165) is 18.4 Å². The van der Waals surface area contributed by atoms with Crippen LogP contribution in [0, 0.1) is 17.7 Å². The van der Waals surface area contributed by atoms with Gasteiger partial charge in [-0.2, -0.15) is 0 Å². The minimum absolute atomic E-state index is 0.306. The Morgan fingerprint density at radius 1 is 1.21 bits per heavy atom. The average Bonchev–Trinajstić information content (AvgIpc) is 2.25. The van der Waals surface area contributed by atoms with Crippen LogP contribution in [0.25, 0.3) is 0 Å². The van der Waals surface area contributed by atoms with Crippen LogP contribution in [0.4, 0.5) is 4.39 Å². The second-order valence-corrected chi connectivity index (χ2v) is 6.54. The molecule has 1 aromatic carbocycles. The molecule has 1 spiro atoms. The monoisotopic (exact) mass is 264 g/mol. The number of rotatable bonds is 0. The Morgan fingerprint density at radius 3 is 2.58 bits per heavy atom. The maximum atomic E-state index is 13.4. The fourth-order valence-corrected chi connectivity index (χ4v) is 4.07. The SMILES string of the molecule is CC1CC(C)CC2(C1)C[C@@H](O)c1ccc(F)cc1O2. The summed E-state index contributed by atoms with van der Waals surface area (Å²) >= 11 is 0. The Bertz CT molecular complexity index is 476. The highest BCUT2D eigenvalue weighted by Crippen LogP contribution is 2.48. The van der Waals surface area contributed by atoms with Gasteiger partial charge in [0.15, 0.2) is 0 Å². The molecule has 1 fully saturated rings. The normalized spacial score (nSPS) is 37.8. The molecule has 0 saturated heterocycles. The van der Waals surface area contributed by atoms with Crippen LogP contribution in [0.1, 0.15) is 51.2 Å². The van der Waals surface area contributed by atoms with E-state index >= 15 is 0 Å². The van der Waals surface area contributed by atoms with Crippen molar-refractivity contribution in [1.82, 2.24) is 0 Å². The Balaban J connectivity index is 1.95. The number of ether oxygens (including phenoxy) is 1. The third-order valence-corrected chi connectivity index (χ3v) is 4.47. The number of hydrogen-bond donors (Lipinski definition) is 1. The van der Waals surface area contributed by atoms with E-state index in [9.17, 15) is 9.50 Å². The van der Waals surface area contributed by atoms with Crippen molar-refractivity contribution in [1.29, 1.82) is 0 Å². The zero-order valence-corrected chi connectivity index (χ0v) is 11.5. The summed E-state index contributed by atoms with van der Waals surface area (Å²) in [4.78, 5) is 0. The fourth-order valence-electron chi connectivity index (χ4n) is 4.07. The molecule has 0 bridgehead atoms. The number of fused-ring (bicyclic) bond motifs is 1. The highest BCUT2D eigenvalue weighted by atomic mass is 19.1. The molecule has 1 aliphatic heterocycles. The summed E-state index contributed by atoms with van der Waals surface area (Å²) in [6, 6.07) is 4.43. The zero-order chi connectivity index (χ0) is 13.6. The van der Waals surface area contributed by atoms with Gasteiger partial charge in [-0.15, -0.1) is 0 Å². The van der Waals surface area contributed by atoms with Crippen LogP contribution in [0.3, 0.4) is 0 Å². The van der Waals surface area contributed by atoms with E-state index in [1.807, 2.05) is 0 Å². The van der Waals surface area contributed by atoms with Crippen molar-refractivity contribution in [2.75, 3.05) is 0 Å². The smallest absolute Gasteiger partial charge is 0.128 e. The molecular weight excluding hydrogens is 243 g/mol. The molecule has 0 radical (unpaired) electrons. The molecule has 19 heavy (non-hydrogen) atoms. The molecule has 2 aliphatic rings. The first-order valence-corrected chi connectivity index (χ1v) is 7.14. The summed E-state index contributed by atoms with van der Waals surface area (Å²) in [7, 11) is 0. The van der Waals surface area contributed by atoms with Crippen molar-refractivity contribution < 1.29 is 14.2 Å². The Hall–Kier alpha value is -1.09. The maximum absolute atomic E-state index is 13.4. The van der Waals surface area contributed by atoms with E-state index in [2.05, 4.69) is 13.8 Å². The van der Waals surface area contributed by atoms with E-state index in [0.29, 0.717) is 24.0 Å². The van der Waals surface area contributed by atoms with Crippen LogP contribution in [-0.4, -0.2) is 10.7 Å². The van der Waals surface area contributed by atoms with Gasteiger partial charge in [-0.05, 0) is 43.2 Å². The van der Waals surface area contributed by atoms with Crippen molar-refractivity contribution in [2.45, 2.75) is 51.2 Å². The summed E-state index contributed by atoms with van der Waals surface area (Å²) in [5.74, 6) is 1.40. The van der Waals surface area contributed by atoms with Gasteiger partial charge in [-0.25, -0.2) is 4.39 Å². The van der Waals surface area contributed by atoms with Gasteiger partial charge in [0, 0.05) is 18.1 Å². The van der Waals surface area contributed by atoms with Crippen molar-refractivity contribution in [3.05, 3.63) is 29.6 Å². The van der Waals surface area contributed by atoms with Crippen LogP contribution in [-0.2, 0) is 0 Å². The minimum atomic E-state index is -0.540. The third-order valence-electron chi connectivity index (χ3n) is 4.47. The first-order valence-electron chi connectivity index (χ1n) is 7.14. The summed E-state index contributed by atoms with van der Waals surface area (Å²) in [6.07, 6.45) is 3.19. The zero-order valence-electron chi connectivity index (χ0n) is 11.5. The summed E-state index contributed by atoms with van der Waals surface area (Å²) in [5, 5.41) is 10.3. The highest BCUT2D eigenvalue weighted by molar-refractivity contribution is 5.38. The van der Waals surface area contributed by atoms with Gasteiger partial charge in [0.25, 0.3) is 0 Å². The van der Waals surface area contributed by atoms with Crippen LogP contribution < -0.4 is 4.74 Å². The second-order valence-electron chi connectivity index (χ2n) is 6.54. The third kappa shape index (κ3) is 2.36. The average molecular weight is 264 g/mol. The highest BCUT2D eigenvalue weighted by Gasteiger charge is 2.45. The Morgan fingerprint density at radius 2 is 1.89 bits per heavy atom. The first kappa shape index (κ1) is 12.9. The minimum Gasteiger partial charge on any atom is -0.487 e. The quantitative estimate of drug-likeness (QED) is 0.771. The van der Waals surface area contributed by atoms with E-state index in [1.54, 1.807) is 6.07 Å². The first-order chi connectivity index (χ1) is 8.97. The van der Waals surface area contributed by atoms with Crippen LogP contribution >= 0.6 is 0 Å². The molecule has 1 heterocycles. The second kappa shape index (κ2) is 4.48. The van der Waals surface area contributed by atoms with Gasteiger partial charge in [0.2, 0.25) is 0 Å². The number of hydrogen-bond acceptors (Lipinski definition) is 2. The van der Waals surface area contributed by atoms with Gasteiger partial charge in [0.05, 0.1) is 6.10 Å². The van der Waals surface area contributed by atoms with Crippen LogP contribution in [0.2, 0.25) is 0 Å². The molecule has 1 aliphatic carbocycles. The molecule has 1 N–H and O–H groups in total. The summed E-state index contributed by atoms with van der Waals surface area (Å²) in [6.45, 7) is 4.46. The van der Waals surface area contributed by atoms with Gasteiger partial charge in [0.1, 0.15) is 17.2 Å². The van der Waals surface area contributed by atoms with Crippen molar-refractivity contribution >= 4 is 0 Å². The van der Waals surface area contributed by atoms with Gasteiger partial charge in [-0.3, -0.25) is 0 Å². The number of halogens is 1. The predicted octanol–water partition coefficient (Wildman–Crippen LogP) is 3.84. The number of benzene rings is 1. The molecule has 1 saturated carbocycles. The Labute approximate surface area is 113 Å². The Kier molecular flexibility index (Phi) is 3.05. The standard InChI is InChI=1S/C16H21FO2/c1-10-5-11(2)8-16(7-10)9-14(18)13-4-3-12(17)6-15(13)19-16/h3-4,6,10-11,14,18H,5,7-9H2,1-2H3/t10?,11?,14-,16?/m1/s1. The van der Waals surface area contributed by atoms with E-state index in [-0.39, 0.29) is 11.4 Å². The number of aliphatic hydroxyl groups is 1. The largest absolute Gasteiger partial charge is 0.487 e. The van der Waals surface area contributed by atoms with Crippen molar-refractivity contribution in [3.8, 4) is 5.75 Å². The van der Waals surface area contributed by atoms with E-state index in [4.69, 9.17) is 4.74 Å². The number of aliphatic hydroxyl groups excluding tert-OH is 1. The van der Waals surface area contributed by atoms with E-state index in [1.165, 1.54) is 18.6 Å². The van der Waals surface area contributed by atoms with Crippen molar-refractivity contribution in [3.63, 3.8) is 0 Å². The summed E-state index contributed by atoms with van der Waals surface area (Å²) < 4.78 is 19.5. The predicted molar refractivity (Wildman–Crippen MR) is 71.5 cm³/mol. The van der Waals surface area contributed by atoms with Crippen LogP contribution in [0.5, 0.6) is 5.75 Å². The molecule has 0 amide bonds. The molecule has 104 valence electrons. The fraction of sp³-hybridized carbons (Fsp3) is 0.625. The molecule has 3 rings (SSSR count). The van der Waals surface area contributed by atoms with Crippen molar-refractivity contribution in [2.24, 2.45) is 11.8 Å². The molecule has 2 unspecified atom stereocenters. The maximum Gasteiger partial charge on any atom is 0.128 e. The van der Waals surface area contributed by atoms with Gasteiger partial charge in [-0.1, -0.05) is 13.8 Å². The molecule has 0 aromatic heterocycles. The molecular formula is C16H21FO2.